The van der Waals surface area contributed by atoms with E-state index >= 15 is 0 Å². The van der Waals surface area contributed by atoms with E-state index < -0.39 is 12.0 Å². The summed E-state index contributed by atoms with van der Waals surface area (Å²) >= 11 is 7.25. The molecule has 1 aromatic carbocycles. The average Bonchev–Trinajstić information content (AvgIpc) is 2.82. The molecule has 0 aliphatic rings. The van der Waals surface area contributed by atoms with Crippen LogP contribution in [-0.4, -0.2) is 24.8 Å². The standard InChI is InChI=1S/C13H10ClF3N4S/c1-6(2)22-11-10-19-20-12(13(15,16)17)21(10)9-4-3-7(14)5-8(9)18-11/h3-6H,1-2H3. The number of thioether (sulfide) groups is 1. The second-order valence-corrected chi connectivity index (χ2v) is 6.90. The molecule has 0 saturated heterocycles. The summed E-state index contributed by atoms with van der Waals surface area (Å²) in [5.74, 6) is -1.07. The van der Waals surface area contributed by atoms with Gasteiger partial charge in [0.25, 0.3) is 0 Å². The lowest BCUT2D eigenvalue weighted by Gasteiger charge is -2.11. The van der Waals surface area contributed by atoms with Gasteiger partial charge in [0.15, 0.2) is 5.65 Å². The molecule has 22 heavy (non-hydrogen) atoms. The van der Waals surface area contributed by atoms with E-state index in [0.717, 1.165) is 4.40 Å². The SMILES string of the molecule is CC(C)Sc1nc2cc(Cl)ccc2n2c(C(F)(F)F)nnc12. The van der Waals surface area contributed by atoms with E-state index in [1.54, 1.807) is 0 Å². The number of rotatable bonds is 2. The number of fused-ring (bicyclic) bond motifs is 3. The minimum Gasteiger partial charge on any atom is -0.267 e. The van der Waals surface area contributed by atoms with E-state index in [1.165, 1.54) is 30.0 Å². The monoisotopic (exact) mass is 346 g/mol. The van der Waals surface area contributed by atoms with E-state index in [-0.39, 0.29) is 16.4 Å². The number of hydrogen-bond acceptors (Lipinski definition) is 4. The van der Waals surface area contributed by atoms with Gasteiger partial charge in [-0.15, -0.1) is 10.2 Å². The van der Waals surface area contributed by atoms with Crippen molar-refractivity contribution in [1.82, 2.24) is 19.6 Å². The van der Waals surface area contributed by atoms with Gasteiger partial charge >= 0.3 is 6.18 Å². The second kappa shape index (κ2) is 5.27. The summed E-state index contributed by atoms with van der Waals surface area (Å²) in [7, 11) is 0. The molecule has 0 spiro atoms. The molecule has 2 heterocycles. The van der Waals surface area contributed by atoms with Crippen LogP contribution in [-0.2, 0) is 6.18 Å². The number of alkyl halides is 3. The maximum absolute atomic E-state index is 13.2. The highest BCUT2D eigenvalue weighted by molar-refractivity contribution is 8.00. The zero-order valence-corrected chi connectivity index (χ0v) is 13.1. The first-order valence-electron chi connectivity index (χ1n) is 6.35. The molecule has 2 aromatic heterocycles. The van der Waals surface area contributed by atoms with Crippen LogP contribution in [0.2, 0.25) is 5.02 Å². The number of aromatic nitrogens is 4. The van der Waals surface area contributed by atoms with Crippen LogP contribution >= 0.6 is 23.4 Å². The quantitative estimate of drug-likeness (QED) is 0.643. The number of hydrogen-bond donors (Lipinski definition) is 0. The van der Waals surface area contributed by atoms with Crippen LogP contribution < -0.4 is 0 Å². The molecular weight excluding hydrogens is 337 g/mol. The molecule has 0 fully saturated rings. The summed E-state index contributed by atoms with van der Waals surface area (Å²) in [6.07, 6.45) is -4.60. The highest BCUT2D eigenvalue weighted by Gasteiger charge is 2.38. The average molecular weight is 347 g/mol. The fraction of sp³-hybridized carbons (Fsp3) is 0.308. The van der Waals surface area contributed by atoms with Gasteiger partial charge in [0, 0.05) is 10.3 Å². The molecule has 0 bridgehead atoms. The van der Waals surface area contributed by atoms with Crippen molar-refractivity contribution in [3.8, 4) is 0 Å². The topological polar surface area (TPSA) is 43.1 Å². The Hall–Kier alpha value is -1.54. The molecule has 4 nitrogen and oxygen atoms in total. The van der Waals surface area contributed by atoms with Gasteiger partial charge in [0.05, 0.1) is 11.0 Å². The fourth-order valence-corrected chi connectivity index (χ4v) is 3.07. The van der Waals surface area contributed by atoms with Crippen molar-refractivity contribution in [2.75, 3.05) is 0 Å². The zero-order chi connectivity index (χ0) is 16.1. The third-order valence-corrected chi connectivity index (χ3v) is 4.06. The Labute approximate surface area is 132 Å². The maximum Gasteiger partial charge on any atom is 0.452 e. The largest absolute Gasteiger partial charge is 0.452 e. The van der Waals surface area contributed by atoms with Gasteiger partial charge in [0.2, 0.25) is 5.82 Å². The normalized spacial score (nSPS) is 12.7. The zero-order valence-electron chi connectivity index (χ0n) is 11.5. The van der Waals surface area contributed by atoms with E-state index in [2.05, 4.69) is 15.2 Å². The molecule has 9 heteroatoms. The Morgan fingerprint density at radius 1 is 1.23 bits per heavy atom. The van der Waals surface area contributed by atoms with Gasteiger partial charge in [-0.3, -0.25) is 4.40 Å². The molecule has 0 N–H and O–H groups in total. The van der Waals surface area contributed by atoms with Crippen molar-refractivity contribution in [3.05, 3.63) is 29.0 Å². The van der Waals surface area contributed by atoms with Crippen molar-refractivity contribution in [2.24, 2.45) is 0 Å². The summed E-state index contributed by atoms with van der Waals surface area (Å²) in [5.41, 5.74) is 0.735. The van der Waals surface area contributed by atoms with Gasteiger partial charge < -0.3 is 0 Å². The summed E-state index contributed by atoms with van der Waals surface area (Å²) < 4.78 is 40.5. The van der Waals surface area contributed by atoms with E-state index in [4.69, 9.17) is 11.6 Å². The fourth-order valence-electron chi connectivity index (χ4n) is 2.07. The van der Waals surface area contributed by atoms with Crippen molar-refractivity contribution >= 4 is 40.0 Å². The molecule has 0 atom stereocenters. The molecule has 3 rings (SSSR count). The Morgan fingerprint density at radius 2 is 1.95 bits per heavy atom. The molecule has 0 aliphatic carbocycles. The first-order chi connectivity index (χ1) is 10.3. The molecule has 0 unspecified atom stereocenters. The first kappa shape index (κ1) is 15.4. The molecule has 0 aliphatic heterocycles. The Kier molecular flexibility index (Phi) is 3.68. The number of nitrogens with zero attached hydrogens (tertiary/aromatic N) is 4. The number of benzene rings is 1. The minimum atomic E-state index is -4.60. The first-order valence-corrected chi connectivity index (χ1v) is 7.61. The van der Waals surface area contributed by atoms with Crippen molar-refractivity contribution in [3.63, 3.8) is 0 Å². The highest BCUT2D eigenvalue weighted by Crippen LogP contribution is 2.34. The van der Waals surface area contributed by atoms with Gasteiger partial charge in [0.1, 0.15) is 5.03 Å². The van der Waals surface area contributed by atoms with E-state index in [9.17, 15) is 13.2 Å². The summed E-state index contributed by atoms with van der Waals surface area (Å²) in [6, 6.07) is 4.53. The third-order valence-electron chi connectivity index (χ3n) is 2.86. The molecule has 0 amide bonds. The van der Waals surface area contributed by atoms with Crippen molar-refractivity contribution < 1.29 is 13.2 Å². The van der Waals surface area contributed by atoms with Gasteiger partial charge in [-0.2, -0.15) is 13.2 Å². The van der Waals surface area contributed by atoms with Gasteiger partial charge in [-0.1, -0.05) is 37.2 Å². The smallest absolute Gasteiger partial charge is 0.267 e. The van der Waals surface area contributed by atoms with Gasteiger partial charge in [-0.25, -0.2) is 4.98 Å². The predicted octanol–water partition coefficient (Wildman–Crippen LogP) is 4.45. The van der Waals surface area contributed by atoms with E-state index in [1.807, 2.05) is 13.8 Å². The van der Waals surface area contributed by atoms with Crippen LogP contribution in [0.5, 0.6) is 0 Å². The van der Waals surface area contributed by atoms with Crippen molar-refractivity contribution in [1.29, 1.82) is 0 Å². The van der Waals surface area contributed by atoms with Crippen LogP contribution in [0.15, 0.2) is 23.2 Å². The van der Waals surface area contributed by atoms with Crippen LogP contribution in [0.3, 0.4) is 0 Å². The van der Waals surface area contributed by atoms with E-state index in [0.29, 0.717) is 15.6 Å². The molecule has 116 valence electrons. The summed E-state index contributed by atoms with van der Waals surface area (Å²) in [5, 5.41) is 7.93. The lowest BCUT2D eigenvalue weighted by Crippen LogP contribution is -2.12. The molecule has 0 radical (unpaired) electrons. The molecular formula is C13H10ClF3N4S. The van der Waals surface area contributed by atoms with Crippen LogP contribution in [0.1, 0.15) is 19.7 Å². The van der Waals surface area contributed by atoms with Crippen LogP contribution in [0.25, 0.3) is 16.7 Å². The molecule has 3 aromatic rings. The second-order valence-electron chi connectivity index (χ2n) is 4.90. The maximum atomic E-state index is 13.2. The Morgan fingerprint density at radius 3 is 2.59 bits per heavy atom. The summed E-state index contributed by atoms with van der Waals surface area (Å²) in [6.45, 7) is 3.85. The Bertz CT molecular complexity index is 860. The highest BCUT2D eigenvalue weighted by atomic mass is 35.5. The Balaban J connectivity index is 2.43. The lowest BCUT2D eigenvalue weighted by atomic mass is 10.3. The number of halogens is 4. The van der Waals surface area contributed by atoms with Crippen molar-refractivity contribution in [2.45, 2.75) is 30.3 Å². The molecule has 0 saturated carbocycles. The predicted molar refractivity (Wildman–Crippen MR) is 79.3 cm³/mol. The lowest BCUT2D eigenvalue weighted by molar-refractivity contribution is -0.145. The van der Waals surface area contributed by atoms with Crippen LogP contribution in [0.4, 0.5) is 13.2 Å². The third kappa shape index (κ3) is 2.61. The van der Waals surface area contributed by atoms with Crippen LogP contribution in [0, 0.1) is 0 Å². The summed E-state index contributed by atoms with van der Waals surface area (Å²) in [4.78, 5) is 4.39. The van der Waals surface area contributed by atoms with Gasteiger partial charge in [-0.05, 0) is 18.2 Å². The minimum absolute atomic E-state index is 0.0980.